The van der Waals surface area contributed by atoms with Crippen LogP contribution in [0.3, 0.4) is 0 Å². The Labute approximate surface area is 254 Å². The van der Waals surface area contributed by atoms with Crippen LogP contribution in [0.2, 0.25) is 0 Å². The Hall–Kier alpha value is -0.840. The third-order valence-corrected chi connectivity index (χ3v) is 12.1. The highest BCUT2D eigenvalue weighted by Crippen LogP contribution is 2.67. The number of aliphatic carboxylic acids is 1. The zero-order chi connectivity index (χ0) is 29.5. The van der Waals surface area contributed by atoms with Crippen LogP contribution in [0.5, 0.6) is 0 Å². The van der Waals surface area contributed by atoms with E-state index < -0.39 is 5.97 Å². The average molecular weight is 624 g/mol. The Morgan fingerprint density at radius 2 is 1.77 bits per heavy atom. The summed E-state index contributed by atoms with van der Waals surface area (Å²) in [6.07, 6.45) is 19.7. The molecule has 0 spiro atoms. The molecule has 0 aliphatic heterocycles. The van der Waals surface area contributed by atoms with Crippen LogP contribution in [0.25, 0.3) is 0 Å². The topological polar surface area (TPSA) is 63.6 Å². The van der Waals surface area contributed by atoms with Gasteiger partial charge in [0.2, 0.25) is 0 Å². The summed E-state index contributed by atoms with van der Waals surface area (Å²) >= 11 is 3.42. The zero-order valence-electron chi connectivity index (χ0n) is 26.5. The lowest BCUT2D eigenvalue weighted by atomic mass is 9.47. The molecule has 40 heavy (non-hydrogen) atoms. The highest BCUT2D eigenvalue weighted by molar-refractivity contribution is 9.09. The van der Waals surface area contributed by atoms with Crippen molar-refractivity contribution >= 4 is 27.9 Å². The lowest BCUT2D eigenvalue weighted by Crippen LogP contribution is -2.51. The first-order chi connectivity index (χ1) is 19.0. The molecule has 4 aliphatic carbocycles. The standard InChI is InChI=1S/C31H51BrO2.C4H8O2/c1-21(2)8-6-9-22(3)26-13-14-27-25-12-11-23-20-24(34-29(33)10-7-19-32)15-17-30(23,4)28(25)16-18-31(26,27)5;1-2-3-4(5)6/h11,21-22,24-28H,6-10,12-20H2,1-5H3;2-3H2,1H3,(H,5,6)/t22-,24+,25+,26-,27+,28+,30+,31-;/m1./s1. The Morgan fingerprint density at radius 1 is 1.02 bits per heavy atom. The van der Waals surface area contributed by atoms with Crippen LogP contribution in [0.1, 0.15) is 138 Å². The molecule has 3 fully saturated rings. The van der Waals surface area contributed by atoms with Gasteiger partial charge in [-0.15, -0.1) is 0 Å². The molecule has 4 nitrogen and oxygen atoms in total. The van der Waals surface area contributed by atoms with Crippen molar-refractivity contribution < 1.29 is 19.4 Å². The number of allylic oxidation sites excluding steroid dienone is 1. The summed E-state index contributed by atoms with van der Waals surface area (Å²) < 4.78 is 5.90. The third kappa shape index (κ3) is 7.95. The second kappa shape index (κ2) is 15.1. The van der Waals surface area contributed by atoms with Gasteiger partial charge < -0.3 is 9.84 Å². The smallest absolute Gasteiger partial charge is 0.306 e. The average Bonchev–Trinajstić information content (AvgIpc) is 3.25. The summed E-state index contributed by atoms with van der Waals surface area (Å²) in [4.78, 5) is 21.8. The van der Waals surface area contributed by atoms with Crippen molar-refractivity contribution in [2.45, 2.75) is 144 Å². The number of carbonyl (C=O) groups is 2. The third-order valence-electron chi connectivity index (χ3n) is 11.5. The SMILES string of the molecule is CC(C)CCC[C@@H](C)[C@H]1CC[C@H]2[C@@H]3CC=C4C[C@@H](OC(=O)CCCBr)CC[C@]4(C)[C@H]3CC[C@]12C.CCCC(=O)O. The van der Waals surface area contributed by atoms with E-state index in [1.807, 2.05) is 6.92 Å². The van der Waals surface area contributed by atoms with E-state index in [-0.39, 0.29) is 12.1 Å². The molecule has 0 heterocycles. The fourth-order valence-corrected chi connectivity index (χ4v) is 9.70. The molecule has 230 valence electrons. The van der Waals surface area contributed by atoms with Crippen molar-refractivity contribution in [2.24, 2.45) is 46.3 Å². The van der Waals surface area contributed by atoms with Gasteiger partial charge >= 0.3 is 11.9 Å². The van der Waals surface area contributed by atoms with Gasteiger partial charge in [-0.25, -0.2) is 0 Å². The fraction of sp³-hybridized carbons (Fsp3) is 0.886. The normalized spacial score (nSPS) is 35.4. The Balaban J connectivity index is 0.000000663. The molecule has 1 N–H and O–H groups in total. The number of hydrogen-bond acceptors (Lipinski definition) is 3. The van der Waals surface area contributed by atoms with E-state index >= 15 is 0 Å². The minimum absolute atomic E-state index is 0.00437. The van der Waals surface area contributed by atoms with Crippen molar-refractivity contribution in [1.29, 1.82) is 0 Å². The van der Waals surface area contributed by atoms with Crippen LogP contribution in [-0.4, -0.2) is 28.5 Å². The van der Waals surface area contributed by atoms with Gasteiger partial charge in [-0.2, -0.15) is 0 Å². The lowest BCUT2D eigenvalue weighted by molar-refractivity contribution is -0.151. The zero-order valence-corrected chi connectivity index (χ0v) is 28.1. The number of halogens is 1. The monoisotopic (exact) mass is 622 g/mol. The lowest BCUT2D eigenvalue weighted by Gasteiger charge is -2.58. The molecule has 0 saturated heterocycles. The van der Waals surface area contributed by atoms with Crippen LogP contribution in [0, 0.1) is 46.3 Å². The molecule has 8 atom stereocenters. The maximum atomic E-state index is 12.2. The van der Waals surface area contributed by atoms with Crippen LogP contribution in [-0.2, 0) is 14.3 Å². The van der Waals surface area contributed by atoms with Gasteiger partial charge in [0.05, 0.1) is 0 Å². The molecule has 4 aliphatic rings. The Morgan fingerprint density at radius 3 is 2.40 bits per heavy atom. The second-order valence-corrected chi connectivity index (χ2v) is 15.4. The van der Waals surface area contributed by atoms with E-state index in [4.69, 9.17) is 9.84 Å². The molecule has 0 radical (unpaired) electrons. The predicted octanol–water partition coefficient (Wildman–Crippen LogP) is 9.99. The first-order valence-electron chi connectivity index (χ1n) is 16.6. The predicted molar refractivity (Wildman–Crippen MR) is 168 cm³/mol. The number of esters is 1. The van der Waals surface area contributed by atoms with Gasteiger partial charge in [0.25, 0.3) is 0 Å². The van der Waals surface area contributed by atoms with Crippen molar-refractivity contribution in [2.75, 3.05) is 5.33 Å². The van der Waals surface area contributed by atoms with E-state index in [9.17, 15) is 9.59 Å². The molecule has 0 bridgehead atoms. The maximum Gasteiger partial charge on any atom is 0.306 e. The summed E-state index contributed by atoms with van der Waals surface area (Å²) in [6, 6.07) is 0. The number of fused-ring (bicyclic) bond motifs is 5. The highest BCUT2D eigenvalue weighted by Gasteiger charge is 2.59. The van der Waals surface area contributed by atoms with Crippen molar-refractivity contribution in [1.82, 2.24) is 0 Å². The first kappa shape index (κ1) is 33.7. The number of rotatable bonds is 11. The summed E-state index contributed by atoms with van der Waals surface area (Å²) in [6.45, 7) is 14.4. The molecule has 4 rings (SSSR count). The second-order valence-electron chi connectivity index (χ2n) is 14.6. The number of carbonyl (C=O) groups excluding carboxylic acids is 1. The highest BCUT2D eigenvalue weighted by atomic mass is 79.9. The minimum Gasteiger partial charge on any atom is -0.481 e. The number of carboxylic acid groups (broad SMARTS) is 1. The van der Waals surface area contributed by atoms with Crippen LogP contribution in [0.15, 0.2) is 11.6 Å². The van der Waals surface area contributed by atoms with E-state index in [0.29, 0.717) is 23.7 Å². The molecular weight excluding hydrogens is 564 g/mol. The van der Waals surface area contributed by atoms with Crippen LogP contribution >= 0.6 is 15.9 Å². The van der Waals surface area contributed by atoms with Crippen molar-refractivity contribution in [3.05, 3.63) is 11.6 Å². The van der Waals surface area contributed by atoms with Gasteiger partial charge in [-0.3, -0.25) is 9.59 Å². The van der Waals surface area contributed by atoms with Gasteiger partial charge in [0.1, 0.15) is 6.10 Å². The van der Waals surface area contributed by atoms with E-state index in [2.05, 4.69) is 56.6 Å². The van der Waals surface area contributed by atoms with E-state index in [0.717, 1.165) is 66.5 Å². The minimum atomic E-state index is -0.711. The number of ether oxygens (including phenoxy) is 1. The van der Waals surface area contributed by atoms with Crippen LogP contribution < -0.4 is 0 Å². The number of hydrogen-bond donors (Lipinski definition) is 1. The van der Waals surface area contributed by atoms with Crippen LogP contribution in [0.4, 0.5) is 0 Å². The van der Waals surface area contributed by atoms with Crippen molar-refractivity contribution in [3.8, 4) is 0 Å². The Kier molecular flexibility index (Phi) is 12.7. The molecule has 0 unspecified atom stereocenters. The van der Waals surface area contributed by atoms with Gasteiger partial charge in [0, 0.05) is 24.6 Å². The van der Waals surface area contributed by atoms with Gasteiger partial charge in [-0.1, -0.05) is 88.4 Å². The summed E-state index contributed by atoms with van der Waals surface area (Å²) in [5, 5.41) is 8.79. The largest absolute Gasteiger partial charge is 0.481 e. The molecule has 0 aromatic carbocycles. The maximum absolute atomic E-state index is 12.2. The van der Waals surface area contributed by atoms with E-state index in [1.165, 1.54) is 57.8 Å². The molecule has 0 amide bonds. The Bertz CT molecular complexity index is 867. The molecular formula is C35H59BrO4. The van der Waals surface area contributed by atoms with Gasteiger partial charge in [-0.05, 0) is 104 Å². The molecule has 5 heteroatoms. The van der Waals surface area contributed by atoms with E-state index in [1.54, 1.807) is 5.57 Å². The first-order valence-corrected chi connectivity index (χ1v) is 17.7. The fourth-order valence-electron chi connectivity index (χ4n) is 9.42. The molecule has 0 aromatic rings. The molecule has 3 saturated carbocycles. The number of carboxylic acids is 1. The summed E-state index contributed by atoms with van der Waals surface area (Å²) in [5.74, 6) is 4.56. The quantitative estimate of drug-likeness (QED) is 0.141. The summed E-state index contributed by atoms with van der Waals surface area (Å²) in [7, 11) is 0. The summed E-state index contributed by atoms with van der Waals surface area (Å²) in [5.41, 5.74) is 2.52. The van der Waals surface area contributed by atoms with Gasteiger partial charge in [0.15, 0.2) is 0 Å². The van der Waals surface area contributed by atoms with Crippen molar-refractivity contribution in [3.63, 3.8) is 0 Å². The number of alkyl halides is 1. The molecule has 0 aromatic heterocycles.